The lowest BCUT2D eigenvalue weighted by Crippen LogP contribution is -2.46. The zero-order valence-corrected chi connectivity index (χ0v) is 16.2. The van der Waals surface area contributed by atoms with Crippen molar-refractivity contribution in [3.63, 3.8) is 0 Å². The van der Waals surface area contributed by atoms with E-state index in [-0.39, 0.29) is 28.4 Å². The molecule has 3 heterocycles. The number of benzene rings is 1. The minimum Gasteiger partial charge on any atom is -0.341 e. The summed E-state index contributed by atoms with van der Waals surface area (Å²) in [7, 11) is 0. The topological polar surface area (TPSA) is 88.3 Å². The number of rotatable bonds is 4. The van der Waals surface area contributed by atoms with E-state index < -0.39 is 17.8 Å². The van der Waals surface area contributed by atoms with Gasteiger partial charge in [0.1, 0.15) is 11.9 Å². The van der Waals surface area contributed by atoms with E-state index in [1.54, 1.807) is 36.9 Å². The average molecular weight is 396 g/mol. The van der Waals surface area contributed by atoms with Gasteiger partial charge in [-0.1, -0.05) is 17.3 Å². The van der Waals surface area contributed by atoms with E-state index in [9.17, 15) is 14.0 Å². The van der Waals surface area contributed by atoms with Crippen molar-refractivity contribution in [3.05, 3.63) is 47.4 Å². The van der Waals surface area contributed by atoms with Gasteiger partial charge in [-0.15, -0.1) is 0 Å². The minimum absolute atomic E-state index is 0.113. The van der Waals surface area contributed by atoms with E-state index in [0.29, 0.717) is 24.2 Å². The number of carbonyl (C=O) groups is 2. The van der Waals surface area contributed by atoms with Gasteiger partial charge >= 0.3 is 0 Å². The van der Waals surface area contributed by atoms with Gasteiger partial charge in [-0.3, -0.25) is 9.59 Å². The molecule has 1 aliphatic rings. The lowest BCUT2D eigenvalue weighted by molar-refractivity contribution is -0.131. The van der Waals surface area contributed by atoms with E-state index >= 15 is 0 Å². The normalized spacial score (nSPS) is 14.9. The summed E-state index contributed by atoms with van der Waals surface area (Å²) in [5.74, 6) is -1.03. The Hall–Kier alpha value is -3.29. The Morgan fingerprint density at radius 2 is 1.97 bits per heavy atom. The van der Waals surface area contributed by atoms with E-state index in [4.69, 9.17) is 4.52 Å². The molecule has 1 saturated heterocycles. The maximum absolute atomic E-state index is 14.3. The lowest BCUT2D eigenvalue weighted by Gasteiger charge is -2.21. The second kappa shape index (κ2) is 7.62. The molecule has 2 amide bonds. The molecule has 3 aromatic rings. The smallest absolute Gasteiger partial charge is 0.259 e. The number of halogens is 1. The zero-order valence-electron chi connectivity index (χ0n) is 16.2. The molecule has 0 radical (unpaired) electrons. The molecule has 0 saturated carbocycles. The van der Waals surface area contributed by atoms with Crippen LogP contribution < -0.4 is 5.32 Å². The highest BCUT2D eigenvalue weighted by atomic mass is 19.1. The number of nitrogens with one attached hydrogen (secondary N) is 1. The molecule has 150 valence electrons. The zero-order chi connectivity index (χ0) is 20.5. The van der Waals surface area contributed by atoms with Crippen LogP contribution in [-0.2, 0) is 4.79 Å². The first-order chi connectivity index (χ1) is 14.0. The van der Waals surface area contributed by atoms with E-state index in [1.807, 2.05) is 0 Å². The SMILES string of the molecule is Cc1noc2nc(-c3ccccc3F)cc(C(=O)N[C@H](C)C(=O)N3CCCC3)c12. The summed E-state index contributed by atoms with van der Waals surface area (Å²) in [6.45, 7) is 4.78. The number of carbonyl (C=O) groups excluding carboxylic acids is 2. The first-order valence-corrected chi connectivity index (χ1v) is 9.57. The molecule has 8 heteroatoms. The van der Waals surface area contributed by atoms with Crippen LogP contribution in [-0.4, -0.2) is 46.0 Å². The van der Waals surface area contributed by atoms with Gasteiger partial charge < -0.3 is 14.7 Å². The molecule has 0 aliphatic carbocycles. The molecule has 0 unspecified atom stereocenters. The Balaban J connectivity index is 1.70. The van der Waals surface area contributed by atoms with Crippen LogP contribution in [0.25, 0.3) is 22.4 Å². The molecular formula is C21H21FN4O3. The predicted molar refractivity (Wildman–Crippen MR) is 105 cm³/mol. The van der Waals surface area contributed by atoms with Crippen molar-refractivity contribution in [2.75, 3.05) is 13.1 Å². The van der Waals surface area contributed by atoms with Crippen LogP contribution in [0.4, 0.5) is 4.39 Å². The summed E-state index contributed by atoms with van der Waals surface area (Å²) in [5, 5.41) is 7.09. The van der Waals surface area contributed by atoms with Gasteiger partial charge in [0.25, 0.3) is 11.6 Å². The number of hydrogen-bond donors (Lipinski definition) is 1. The van der Waals surface area contributed by atoms with Gasteiger partial charge in [0.2, 0.25) is 5.91 Å². The van der Waals surface area contributed by atoms with Gasteiger partial charge in [-0.2, -0.15) is 0 Å². The van der Waals surface area contributed by atoms with Crippen molar-refractivity contribution in [2.24, 2.45) is 0 Å². The summed E-state index contributed by atoms with van der Waals surface area (Å²) in [5.41, 5.74) is 1.39. The first kappa shape index (κ1) is 19.0. The Bertz CT molecular complexity index is 1090. The van der Waals surface area contributed by atoms with Gasteiger partial charge in [0, 0.05) is 18.7 Å². The molecule has 1 aliphatic heterocycles. The van der Waals surface area contributed by atoms with Crippen LogP contribution in [0.5, 0.6) is 0 Å². The molecule has 1 fully saturated rings. The third-order valence-electron chi connectivity index (χ3n) is 5.15. The van der Waals surface area contributed by atoms with Gasteiger partial charge in [0.15, 0.2) is 0 Å². The predicted octanol–water partition coefficient (Wildman–Crippen LogP) is 3.08. The van der Waals surface area contributed by atoms with E-state index in [1.165, 1.54) is 12.1 Å². The highest BCUT2D eigenvalue weighted by Crippen LogP contribution is 2.28. The van der Waals surface area contributed by atoms with Gasteiger partial charge in [0.05, 0.1) is 22.3 Å². The molecule has 0 spiro atoms. The number of aromatic nitrogens is 2. The summed E-state index contributed by atoms with van der Waals surface area (Å²) in [6, 6.07) is 6.99. The van der Waals surface area contributed by atoms with Crippen LogP contribution in [0.15, 0.2) is 34.9 Å². The summed E-state index contributed by atoms with van der Waals surface area (Å²) in [4.78, 5) is 31.7. The fourth-order valence-electron chi connectivity index (χ4n) is 3.63. The quantitative estimate of drug-likeness (QED) is 0.732. The number of aryl methyl sites for hydroxylation is 1. The fraction of sp³-hybridized carbons (Fsp3) is 0.333. The van der Waals surface area contributed by atoms with E-state index in [2.05, 4.69) is 15.5 Å². The van der Waals surface area contributed by atoms with Crippen molar-refractivity contribution < 1.29 is 18.5 Å². The monoisotopic (exact) mass is 396 g/mol. The third-order valence-corrected chi connectivity index (χ3v) is 5.15. The summed E-state index contributed by atoms with van der Waals surface area (Å²) in [6.07, 6.45) is 1.95. The Labute approximate surface area is 166 Å². The Morgan fingerprint density at radius 1 is 1.24 bits per heavy atom. The van der Waals surface area contributed by atoms with Gasteiger partial charge in [-0.05, 0) is 44.9 Å². The van der Waals surface area contributed by atoms with Crippen molar-refractivity contribution >= 4 is 22.9 Å². The van der Waals surface area contributed by atoms with Crippen LogP contribution in [0.1, 0.15) is 35.8 Å². The molecule has 2 aromatic heterocycles. The number of pyridine rings is 1. The lowest BCUT2D eigenvalue weighted by atomic mass is 10.0. The number of fused-ring (bicyclic) bond motifs is 1. The van der Waals surface area contributed by atoms with Crippen LogP contribution >= 0.6 is 0 Å². The van der Waals surface area contributed by atoms with Crippen molar-refractivity contribution in [2.45, 2.75) is 32.7 Å². The molecule has 1 aromatic carbocycles. The summed E-state index contributed by atoms with van der Waals surface area (Å²) < 4.78 is 19.5. The number of likely N-dealkylation sites (tertiary alicyclic amines) is 1. The fourth-order valence-corrected chi connectivity index (χ4v) is 3.63. The Kier molecular flexibility index (Phi) is 5.00. The highest BCUT2D eigenvalue weighted by molar-refractivity contribution is 6.08. The van der Waals surface area contributed by atoms with E-state index in [0.717, 1.165) is 12.8 Å². The molecular weight excluding hydrogens is 375 g/mol. The second-order valence-electron chi connectivity index (χ2n) is 7.21. The summed E-state index contributed by atoms with van der Waals surface area (Å²) >= 11 is 0. The number of nitrogens with zero attached hydrogens (tertiary/aromatic N) is 3. The number of hydrogen-bond acceptors (Lipinski definition) is 5. The van der Waals surface area contributed by atoms with Crippen LogP contribution in [0, 0.1) is 12.7 Å². The van der Waals surface area contributed by atoms with Gasteiger partial charge in [-0.25, -0.2) is 9.37 Å². The minimum atomic E-state index is -0.680. The Morgan fingerprint density at radius 3 is 2.69 bits per heavy atom. The molecule has 1 atom stereocenters. The molecule has 1 N–H and O–H groups in total. The molecule has 29 heavy (non-hydrogen) atoms. The highest BCUT2D eigenvalue weighted by Gasteiger charge is 2.27. The largest absolute Gasteiger partial charge is 0.341 e. The average Bonchev–Trinajstić information content (AvgIpc) is 3.37. The standard InChI is InChI=1S/C21H21FN4O3/c1-12-18-15(19(27)23-13(2)21(28)26-9-5-6-10-26)11-17(24-20(18)29-25-12)14-7-3-4-8-16(14)22/h3-4,7-8,11,13H,5-6,9-10H2,1-2H3,(H,23,27)/t13-/m1/s1. The van der Waals surface area contributed by atoms with Crippen LogP contribution in [0.2, 0.25) is 0 Å². The number of amides is 2. The second-order valence-corrected chi connectivity index (χ2v) is 7.21. The molecule has 7 nitrogen and oxygen atoms in total. The van der Waals surface area contributed by atoms with Crippen molar-refractivity contribution in [1.29, 1.82) is 0 Å². The van der Waals surface area contributed by atoms with Crippen molar-refractivity contribution in [3.8, 4) is 11.3 Å². The van der Waals surface area contributed by atoms with Crippen LogP contribution in [0.3, 0.4) is 0 Å². The first-order valence-electron chi connectivity index (χ1n) is 9.57. The molecule has 4 rings (SSSR count). The maximum atomic E-state index is 14.3. The molecule has 0 bridgehead atoms. The van der Waals surface area contributed by atoms with Crippen molar-refractivity contribution in [1.82, 2.24) is 20.4 Å². The third kappa shape index (κ3) is 3.57. The maximum Gasteiger partial charge on any atom is 0.259 e.